The molecule has 0 saturated heterocycles. The number of rotatable bonds is 4. The van der Waals surface area contributed by atoms with E-state index in [0.29, 0.717) is 16.5 Å². The lowest BCUT2D eigenvalue weighted by Crippen LogP contribution is -2.21. The highest BCUT2D eigenvalue weighted by molar-refractivity contribution is 6.31. The van der Waals surface area contributed by atoms with Gasteiger partial charge in [0.1, 0.15) is 17.4 Å². The van der Waals surface area contributed by atoms with Gasteiger partial charge in [-0.25, -0.2) is 4.79 Å². The summed E-state index contributed by atoms with van der Waals surface area (Å²) in [6, 6.07) is 6.38. The minimum atomic E-state index is -0.706. The van der Waals surface area contributed by atoms with Gasteiger partial charge in [-0.1, -0.05) is 16.8 Å². The largest absolute Gasteiger partial charge is 0.452 e. The SMILES string of the molecule is Cc1noc(C)c1C(=O)OCC(=O)Nc1cc(Cl)ccc1C#N. The van der Waals surface area contributed by atoms with Crippen LogP contribution in [0.4, 0.5) is 5.69 Å². The number of carbonyl (C=O) groups is 2. The lowest BCUT2D eigenvalue weighted by Gasteiger charge is -2.08. The third-order valence-corrected chi connectivity index (χ3v) is 3.18. The number of carbonyl (C=O) groups excluding carboxylic acids is 2. The van der Waals surface area contributed by atoms with Gasteiger partial charge in [0.25, 0.3) is 5.91 Å². The van der Waals surface area contributed by atoms with Gasteiger partial charge >= 0.3 is 5.97 Å². The van der Waals surface area contributed by atoms with Crippen LogP contribution in [0.3, 0.4) is 0 Å². The summed E-state index contributed by atoms with van der Waals surface area (Å²) >= 11 is 5.82. The smallest absolute Gasteiger partial charge is 0.344 e. The van der Waals surface area contributed by atoms with Crippen LogP contribution in [0.1, 0.15) is 27.4 Å². The first kappa shape index (κ1) is 16.5. The third-order valence-electron chi connectivity index (χ3n) is 2.95. The van der Waals surface area contributed by atoms with Gasteiger partial charge in [0.15, 0.2) is 6.61 Å². The van der Waals surface area contributed by atoms with Crippen molar-refractivity contribution in [2.24, 2.45) is 0 Å². The fourth-order valence-corrected chi connectivity index (χ4v) is 2.05. The van der Waals surface area contributed by atoms with Gasteiger partial charge in [-0.05, 0) is 32.0 Å². The molecule has 1 N–H and O–H groups in total. The molecule has 0 aliphatic heterocycles. The van der Waals surface area contributed by atoms with Crippen LogP contribution >= 0.6 is 11.6 Å². The Morgan fingerprint density at radius 1 is 1.43 bits per heavy atom. The van der Waals surface area contributed by atoms with E-state index in [1.807, 2.05) is 6.07 Å². The predicted molar refractivity (Wildman–Crippen MR) is 81.1 cm³/mol. The van der Waals surface area contributed by atoms with E-state index in [4.69, 9.17) is 26.1 Å². The van der Waals surface area contributed by atoms with Crippen molar-refractivity contribution in [3.63, 3.8) is 0 Å². The maximum Gasteiger partial charge on any atom is 0.344 e. The van der Waals surface area contributed by atoms with Crippen LogP contribution < -0.4 is 5.32 Å². The lowest BCUT2D eigenvalue weighted by molar-refractivity contribution is -0.119. The molecular weight excluding hydrogens is 322 g/mol. The number of halogens is 1. The molecule has 0 aliphatic rings. The van der Waals surface area contributed by atoms with Crippen LogP contribution in [0.15, 0.2) is 22.7 Å². The van der Waals surface area contributed by atoms with E-state index in [1.54, 1.807) is 13.8 Å². The Balaban J connectivity index is 2.00. The molecule has 1 aromatic heterocycles. The second-order valence-corrected chi connectivity index (χ2v) is 5.06. The second-order valence-electron chi connectivity index (χ2n) is 4.63. The number of nitrogens with one attached hydrogen (secondary N) is 1. The summed E-state index contributed by atoms with van der Waals surface area (Å²) in [6.45, 7) is 2.65. The molecule has 23 heavy (non-hydrogen) atoms. The fraction of sp³-hybridized carbons (Fsp3) is 0.200. The molecule has 0 atom stereocenters. The van der Waals surface area contributed by atoms with Gasteiger partial charge in [0.2, 0.25) is 0 Å². The number of esters is 1. The first-order valence-corrected chi connectivity index (χ1v) is 6.89. The number of anilines is 1. The normalized spacial score (nSPS) is 10.0. The number of amides is 1. The molecule has 7 nitrogen and oxygen atoms in total. The van der Waals surface area contributed by atoms with E-state index in [2.05, 4.69) is 10.5 Å². The molecule has 8 heteroatoms. The van der Waals surface area contributed by atoms with Crippen LogP contribution in [-0.2, 0) is 9.53 Å². The van der Waals surface area contributed by atoms with E-state index in [1.165, 1.54) is 18.2 Å². The highest BCUT2D eigenvalue weighted by Gasteiger charge is 2.20. The molecule has 0 unspecified atom stereocenters. The molecule has 1 heterocycles. The standard InChI is InChI=1S/C15H12ClN3O4/c1-8-14(9(2)23-19-8)15(21)22-7-13(20)18-12-5-11(16)4-3-10(12)6-17/h3-5H,7H2,1-2H3,(H,18,20). The average molecular weight is 334 g/mol. The molecular formula is C15H12ClN3O4. The molecule has 0 radical (unpaired) electrons. The predicted octanol–water partition coefficient (Wildman–Crippen LogP) is 2.61. The molecule has 1 aromatic carbocycles. The minimum Gasteiger partial charge on any atom is -0.452 e. The maximum atomic E-state index is 11.9. The Morgan fingerprint density at radius 3 is 2.78 bits per heavy atom. The summed E-state index contributed by atoms with van der Waals surface area (Å²) in [5, 5.41) is 15.5. The first-order valence-electron chi connectivity index (χ1n) is 6.52. The van der Waals surface area contributed by atoms with Gasteiger partial charge < -0.3 is 14.6 Å². The van der Waals surface area contributed by atoms with Crippen molar-refractivity contribution in [3.05, 3.63) is 45.8 Å². The molecule has 0 saturated carbocycles. The first-order chi connectivity index (χ1) is 10.9. The van der Waals surface area contributed by atoms with E-state index < -0.39 is 18.5 Å². The zero-order valence-electron chi connectivity index (χ0n) is 12.3. The van der Waals surface area contributed by atoms with Crippen LogP contribution in [0.5, 0.6) is 0 Å². The zero-order chi connectivity index (χ0) is 17.0. The van der Waals surface area contributed by atoms with Gasteiger partial charge in [-0.2, -0.15) is 5.26 Å². The zero-order valence-corrected chi connectivity index (χ0v) is 13.1. The average Bonchev–Trinajstić information content (AvgIpc) is 2.84. The number of hydrogen-bond acceptors (Lipinski definition) is 6. The molecule has 0 fully saturated rings. The minimum absolute atomic E-state index is 0.193. The van der Waals surface area contributed by atoms with Crippen LogP contribution in [0.2, 0.25) is 5.02 Å². The molecule has 1 amide bonds. The van der Waals surface area contributed by atoms with Gasteiger partial charge in [0.05, 0.1) is 16.9 Å². The summed E-state index contributed by atoms with van der Waals surface area (Å²) < 4.78 is 9.78. The van der Waals surface area contributed by atoms with Crippen molar-refractivity contribution in [1.82, 2.24) is 5.16 Å². The van der Waals surface area contributed by atoms with Crippen LogP contribution in [-0.4, -0.2) is 23.6 Å². The van der Waals surface area contributed by atoms with Gasteiger partial charge in [-0.3, -0.25) is 4.79 Å². The molecule has 118 valence electrons. The molecule has 0 bridgehead atoms. The number of nitriles is 1. The maximum absolute atomic E-state index is 11.9. The fourth-order valence-electron chi connectivity index (χ4n) is 1.88. The topological polar surface area (TPSA) is 105 Å². The monoisotopic (exact) mass is 333 g/mol. The van der Waals surface area contributed by atoms with Crippen molar-refractivity contribution in [2.75, 3.05) is 11.9 Å². The van der Waals surface area contributed by atoms with Crippen molar-refractivity contribution in [3.8, 4) is 6.07 Å². The van der Waals surface area contributed by atoms with Crippen LogP contribution in [0.25, 0.3) is 0 Å². The summed E-state index contributed by atoms with van der Waals surface area (Å²) in [5.41, 5.74) is 1.07. The molecule has 0 aliphatic carbocycles. The highest BCUT2D eigenvalue weighted by atomic mass is 35.5. The Kier molecular flexibility index (Phi) is 4.98. The van der Waals surface area contributed by atoms with Crippen LogP contribution in [0, 0.1) is 25.2 Å². The van der Waals surface area contributed by atoms with E-state index in [9.17, 15) is 9.59 Å². The second kappa shape index (κ2) is 6.94. The number of benzene rings is 1. The summed E-state index contributed by atoms with van der Waals surface area (Å²) in [6.07, 6.45) is 0. The third kappa shape index (κ3) is 3.87. The summed E-state index contributed by atoms with van der Waals surface area (Å²) in [4.78, 5) is 23.8. The number of ether oxygens (including phenoxy) is 1. The number of nitrogens with zero attached hydrogens (tertiary/aromatic N) is 2. The number of aryl methyl sites for hydroxylation is 2. The number of hydrogen-bond donors (Lipinski definition) is 1. The van der Waals surface area contributed by atoms with Gasteiger partial charge in [-0.15, -0.1) is 0 Å². The molecule has 0 spiro atoms. The van der Waals surface area contributed by atoms with Crippen molar-refractivity contribution < 1.29 is 18.8 Å². The highest BCUT2D eigenvalue weighted by Crippen LogP contribution is 2.20. The van der Waals surface area contributed by atoms with Crippen molar-refractivity contribution >= 4 is 29.2 Å². The van der Waals surface area contributed by atoms with Crippen molar-refractivity contribution in [2.45, 2.75) is 13.8 Å². The van der Waals surface area contributed by atoms with E-state index in [-0.39, 0.29) is 16.8 Å². The van der Waals surface area contributed by atoms with E-state index >= 15 is 0 Å². The summed E-state index contributed by atoms with van der Waals surface area (Å²) in [5.74, 6) is -0.985. The Bertz CT molecular complexity index is 788. The Hall–Kier alpha value is -2.85. The van der Waals surface area contributed by atoms with Crippen molar-refractivity contribution in [1.29, 1.82) is 5.26 Å². The quantitative estimate of drug-likeness (QED) is 0.862. The molecule has 2 aromatic rings. The summed E-state index contributed by atoms with van der Waals surface area (Å²) in [7, 11) is 0. The Labute approximate surface area is 136 Å². The number of aromatic nitrogens is 1. The van der Waals surface area contributed by atoms with E-state index in [0.717, 1.165) is 0 Å². The molecule has 2 rings (SSSR count). The Morgan fingerprint density at radius 2 is 2.17 bits per heavy atom. The van der Waals surface area contributed by atoms with Gasteiger partial charge in [0, 0.05) is 5.02 Å². The lowest BCUT2D eigenvalue weighted by atomic mass is 10.2.